The highest BCUT2D eigenvalue weighted by Crippen LogP contribution is 2.40. The smallest absolute Gasteiger partial charge is 0.169 e. The van der Waals surface area contributed by atoms with Crippen LogP contribution in [0.5, 0.6) is 34.5 Å². The molecule has 4 aromatic rings. The summed E-state index contributed by atoms with van der Waals surface area (Å²) in [5.41, 5.74) is 10.4. The van der Waals surface area contributed by atoms with Gasteiger partial charge in [-0.3, -0.25) is 0 Å². The van der Waals surface area contributed by atoms with Gasteiger partial charge in [-0.15, -0.1) is 0 Å². The van der Waals surface area contributed by atoms with Gasteiger partial charge in [0, 0.05) is 12.1 Å². The maximum atomic E-state index is 6.40. The van der Waals surface area contributed by atoms with Crippen molar-refractivity contribution in [3.8, 4) is 34.5 Å². The Morgan fingerprint density at radius 2 is 0.978 bits per heavy atom. The van der Waals surface area contributed by atoms with Crippen LogP contribution in [0.2, 0.25) is 0 Å². The molecule has 2 unspecified atom stereocenters. The van der Waals surface area contributed by atoms with E-state index in [1.165, 1.54) is 38.9 Å². The predicted octanol–water partition coefficient (Wildman–Crippen LogP) is 6.99. The van der Waals surface area contributed by atoms with Crippen molar-refractivity contribution in [2.45, 2.75) is 51.6 Å². The molecule has 236 valence electrons. The van der Waals surface area contributed by atoms with Gasteiger partial charge in [0.05, 0.1) is 28.4 Å². The highest BCUT2D eigenvalue weighted by atomic mass is 16.5. The molecule has 2 heterocycles. The standard InChI is InChI=1S/C38H44N2O5/c1-23-15-27-11-13-39-31(29(27)16-24(23)2)17-25-7-9-33(35(19-25)41-3)45-34-10-8-26(20-36(34)42-4)18-32-30-22-38(44-6)37(43-5)21-28(30)12-14-40-32/h7-10,15-16,19-22,31-32,39-40H,11-14,17-18H2,1-6H3. The Kier molecular flexibility index (Phi) is 9.19. The van der Waals surface area contributed by atoms with Crippen molar-refractivity contribution in [1.82, 2.24) is 10.6 Å². The lowest BCUT2D eigenvalue weighted by molar-refractivity contribution is 0.352. The van der Waals surface area contributed by atoms with Gasteiger partial charge in [-0.2, -0.15) is 0 Å². The minimum absolute atomic E-state index is 0.149. The van der Waals surface area contributed by atoms with Crippen LogP contribution in [0.3, 0.4) is 0 Å². The maximum absolute atomic E-state index is 6.40. The molecule has 4 aromatic carbocycles. The summed E-state index contributed by atoms with van der Waals surface area (Å²) >= 11 is 0. The zero-order valence-electron chi connectivity index (χ0n) is 27.2. The minimum Gasteiger partial charge on any atom is -0.493 e. The first kappa shape index (κ1) is 30.8. The van der Waals surface area contributed by atoms with E-state index in [-0.39, 0.29) is 12.1 Å². The minimum atomic E-state index is 0.149. The highest BCUT2D eigenvalue weighted by Gasteiger charge is 2.24. The van der Waals surface area contributed by atoms with Crippen molar-refractivity contribution in [1.29, 1.82) is 0 Å². The number of hydrogen-bond donors (Lipinski definition) is 2. The van der Waals surface area contributed by atoms with E-state index in [1.807, 2.05) is 12.1 Å². The molecular formula is C38H44N2O5. The van der Waals surface area contributed by atoms with Crippen LogP contribution in [0.25, 0.3) is 0 Å². The molecule has 7 heteroatoms. The zero-order chi connectivity index (χ0) is 31.5. The average molecular weight is 609 g/mol. The second kappa shape index (κ2) is 13.4. The van der Waals surface area contributed by atoms with Crippen LogP contribution in [0.15, 0.2) is 60.7 Å². The fraction of sp³-hybridized carbons (Fsp3) is 0.368. The number of ether oxygens (including phenoxy) is 5. The Morgan fingerprint density at radius 3 is 1.51 bits per heavy atom. The van der Waals surface area contributed by atoms with Crippen molar-refractivity contribution in [3.63, 3.8) is 0 Å². The van der Waals surface area contributed by atoms with E-state index >= 15 is 0 Å². The van der Waals surface area contributed by atoms with Gasteiger partial charge in [0.25, 0.3) is 0 Å². The second-order valence-corrected chi connectivity index (χ2v) is 12.0. The first-order valence-corrected chi connectivity index (χ1v) is 15.7. The van der Waals surface area contributed by atoms with Crippen molar-refractivity contribution >= 4 is 0 Å². The lowest BCUT2D eigenvalue weighted by Gasteiger charge is -2.28. The normalized spacial score (nSPS) is 17.2. The van der Waals surface area contributed by atoms with E-state index in [1.54, 1.807) is 28.4 Å². The molecule has 0 aromatic heterocycles. The molecule has 2 aliphatic heterocycles. The fourth-order valence-corrected chi connectivity index (χ4v) is 6.70. The molecule has 0 saturated carbocycles. The molecule has 7 nitrogen and oxygen atoms in total. The van der Waals surface area contributed by atoms with Crippen LogP contribution < -0.4 is 34.3 Å². The fourth-order valence-electron chi connectivity index (χ4n) is 6.70. The molecule has 0 fully saturated rings. The van der Waals surface area contributed by atoms with E-state index < -0.39 is 0 Å². The van der Waals surface area contributed by atoms with Crippen molar-refractivity contribution in [2.24, 2.45) is 0 Å². The lowest BCUT2D eigenvalue weighted by Crippen LogP contribution is -2.31. The summed E-state index contributed by atoms with van der Waals surface area (Å²) in [6, 6.07) is 21.7. The van der Waals surface area contributed by atoms with Crippen LogP contribution in [0.4, 0.5) is 0 Å². The Labute approximate surface area is 266 Å². The van der Waals surface area contributed by atoms with Crippen LogP contribution in [-0.2, 0) is 25.7 Å². The Bertz CT molecular complexity index is 1680. The molecule has 0 amide bonds. The average Bonchev–Trinajstić information content (AvgIpc) is 3.06. The van der Waals surface area contributed by atoms with Gasteiger partial charge in [0.1, 0.15) is 0 Å². The van der Waals surface area contributed by atoms with Gasteiger partial charge in [-0.25, -0.2) is 0 Å². The molecule has 0 aliphatic carbocycles. The van der Waals surface area contributed by atoms with Gasteiger partial charge < -0.3 is 34.3 Å². The first-order valence-electron chi connectivity index (χ1n) is 15.7. The van der Waals surface area contributed by atoms with Gasteiger partial charge in [0.15, 0.2) is 34.5 Å². The summed E-state index contributed by atoms with van der Waals surface area (Å²) in [5, 5.41) is 7.40. The summed E-state index contributed by atoms with van der Waals surface area (Å²) < 4.78 is 29.1. The van der Waals surface area contributed by atoms with Crippen LogP contribution in [-0.4, -0.2) is 41.5 Å². The van der Waals surface area contributed by atoms with Crippen LogP contribution in [0, 0.1) is 13.8 Å². The zero-order valence-corrected chi connectivity index (χ0v) is 27.2. The quantitative estimate of drug-likeness (QED) is 0.201. The Balaban J connectivity index is 1.19. The molecule has 0 saturated heterocycles. The monoisotopic (exact) mass is 608 g/mol. The molecule has 0 bridgehead atoms. The Morgan fingerprint density at radius 1 is 0.533 bits per heavy atom. The van der Waals surface area contributed by atoms with E-state index in [0.717, 1.165) is 55.8 Å². The van der Waals surface area contributed by atoms with Crippen LogP contribution >= 0.6 is 0 Å². The van der Waals surface area contributed by atoms with Crippen molar-refractivity contribution in [2.75, 3.05) is 41.5 Å². The van der Waals surface area contributed by atoms with E-state index in [2.05, 4.69) is 73.0 Å². The predicted molar refractivity (Wildman–Crippen MR) is 178 cm³/mol. The van der Waals surface area contributed by atoms with Gasteiger partial charge in [-0.1, -0.05) is 24.3 Å². The maximum Gasteiger partial charge on any atom is 0.169 e. The summed E-state index contributed by atoms with van der Waals surface area (Å²) in [4.78, 5) is 0. The third-order valence-electron chi connectivity index (χ3n) is 9.28. The van der Waals surface area contributed by atoms with Crippen molar-refractivity contribution in [3.05, 3.63) is 105 Å². The van der Waals surface area contributed by atoms with Crippen molar-refractivity contribution < 1.29 is 23.7 Å². The highest BCUT2D eigenvalue weighted by molar-refractivity contribution is 5.52. The largest absolute Gasteiger partial charge is 0.493 e. The van der Waals surface area contributed by atoms with Gasteiger partial charge in [-0.05, 0) is 134 Å². The molecule has 2 N–H and O–H groups in total. The number of aryl methyl sites for hydroxylation is 2. The second-order valence-electron chi connectivity index (χ2n) is 12.0. The van der Waals surface area contributed by atoms with E-state index in [4.69, 9.17) is 23.7 Å². The molecule has 2 atom stereocenters. The van der Waals surface area contributed by atoms with Gasteiger partial charge >= 0.3 is 0 Å². The SMILES string of the molecule is COc1cc2c(cc1OC)C(Cc1ccc(Oc3ccc(CC4NCCc5cc(C)c(C)cc54)cc3OC)c(OC)c1)NCC2. The molecule has 45 heavy (non-hydrogen) atoms. The molecule has 0 spiro atoms. The molecule has 2 aliphatic rings. The van der Waals surface area contributed by atoms with E-state index in [9.17, 15) is 0 Å². The summed E-state index contributed by atoms with van der Waals surface area (Å²) in [5.74, 6) is 4.18. The lowest BCUT2D eigenvalue weighted by atomic mass is 9.87. The van der Waals surface area contributed by atoms with Gasteiger partial charge in [0.2, 0.25) is 0 Å². The summed E-state index contributed by atoms with van der Waals surface area (Å²) in [7, 11) is 6.72. The third-order valence-corrected chi connectivity index (χ3v) is 9.28. The number of hydrogen-bond acceptors (Lipinski definition) is 7. The Hall–Kier alpha value is -4.20. The molecular weight excluding hydrogens is 564 g/mol. The summed E-state index contributed by atoms with van der Waals surface area (Å²) in [6.45, 7) is 6.28. The number of methoxy groups -OCH3 is 4. The number of rotatable bonds is 10. The molecule has 0 radical (unpaired) electrons. The third kappa shape index (κ3) is 6.46. The topological polar surface area (TPSA) is 70.2 Å². The van der Waals surface area contributed by atoms with E-state index in [0.29, 0.717) is 23.0 Å². The molecule has 6 rings (SSSR count). The number of benzene rings is 4. The van der Waals surface area contributed by atoms with Crippen LogP contribution in [0.1, 0.15) is 56.6 Å². The number of fused-ring (bicyclic) bond motifs is 2. The number of nitrogens with one attached hydrogen (secondary N) is 2. The first-order chi connectivity index (χ1) is 21.9. The summed E-state index contributed by atoms with van der Waals surface area (Å²) in [6.07, 6.45) is 3.69.